The molecule has 0 aliphatic heterocycles. The molecule has 2 aromatic carbocycles. The van der Waals surface area contributed by atoms with E-state index in [-0.39, 0.29) is 0 Å². The van der Waals surface area contributed by atoms with Gasteiger partial charge in [-0.05, 0) is 18.4 Å². The number of aromatic nitrogens is 1. The molecular formula is C23H20FN2O+. The van der Waals surface area contributed by atoms with Gasteiger partial charge in [0.05, 0.1) is 12.1 Å². The van der Waals surface area contributed by atoms with Crippen molar-refractivity contribution in [3.8, 4) is 11.3 Å². The maximum atomic E-state index is 14.5. The van der Waals surface area contributed by atoms with Crippen molar-refractivity contribution in [3.63, 3.8) is 0 Å². The van der Waals surface area contributed by atoms with Gasteiger partial charge in [-0.2, -0.15) is 4.57 Å². The second-order valence-corrected chi connectivity index (χ2v) is 7.03. The summed E-state index contributed by atoms with van der Waals surface area (Å²) in [5, 5.41) is 1.80. The number of furan rings is 1. The number of para-hydroxylation sites is 1. The molecule has 2 heterocycles. The number of aryl methyl sites for hydroxylation is 2. The molecule has 134 valence electrons. The van der Waals surface area contributed by atoms with Crippen molar-refractivity contribution >= 4 is 27.6 Å². The fraction of sp³-hybridized carbons (Fsp3) is 0.217. The van der Waals surface area contributed by atoms with E-state index in [9.17, 15) is 4.39 Å². The third-order valence-electron chi connectivity index (χ3n) is 5.00. The molecule has 0 saturated carbocycles. The minimum atomic E-state index is -1.07. The van der Waals surface area contributed by atoms with Gasteiger partial charge in [-0.15, -0.1) is 0 Å². The number of hydrogen-bond donors (Lipinski definition) is 0. The number of pyridine rings is 1. The van der Waals surface area contributed by atoms with E-state index in [1.807, 2.05) is 31.2 Å². The van der Waals surface area contributed by atoms with Gasteiger partial charge >= 0.3 is 0 Å². The Morgan fingerprint density at radius 1 is 1.19 bits per heavy atom. The molecule has 0 aliphatic carbocycles. The van der Waals surface area contributed by atoms with E-state index in [2.05, 4.69) is 4.85 Å². The lowest BCUT2D eigenvalue weighted by atomic mass is 9.97. The summed E-state index contributed by atoms with van der Waals surface area (Å²) in [5.74, 6) is -1.48. The van der Waals surface area contributed by atoms with Gasteiger partial charge in [0, 0.05) is 23.8 Å². The highest BCUT2D eigenvalue weighted by Crippen LogP contribution is 2.40. The normalized spacial score (nSPS) is 12.4. The highest BCUT2D eigenvalue weighted by molar-refractivity contribution is 6.12. The molecule has 4 rings (SSSR count). The monoisotopic (exact) mass is 360 g/mol. The number of fused-ring (bicyclic) bond motifs is 3. The lowest BCUT2D eigenvalue weighted by Gasteiger charge is -2.10. The second-order valence-electron chi connectivity index (χ2n) is 7.03. The van der Waals surface area contributed by atoms with E-state index < -0.39 is 11.7 Å². The first-order chi connectivity index (χ1) is 13.2. The van der Waals surface area contributed by atoms with Gasteiger partial charge in [0.2, 0.25) is 17.6 Å². The maximum Gasteiger partial charge on any atom is 0.229 e. The van der Waals surface area contributed by atoms with Gasteiger partial charge in [0.25, 0.3) is 0 Å². The topological polar surface area (TPSA) is 21.4 Å². The Bertz CT molecular complexity index is 1290. The van der Waals surface area contributed by atoms with Crippen molar-refractivity contribution in [2.24, 2.45) is 7.05 Å². The number of rotatable bonds is 2. The largest absolute Gasteiger partial charge is 0.466 e. The predicted molar refractivity (Wildman–Crippen MR) is 105 cm³/mol. The zero-order valence-corrected chi connectivity index (χ0v) is 15.7. The van der Waals surface area contributed by atoms with Gasteiger partial charge in [-0.25, -0.2) is 9.24 Å². The van der Waals surface area contributed by atoms with Crippen LogP contribution < -0.4 is 4.57 Å². The van der Waals surface area contributed by atoms with Crippen LogP contribution in [0.2, 0.25) is 0 Å². The third kappa shape index (κ3) is 2.59. The van der Waals surface area contributed by atoms with Crippen molar-refractivity contribution in [2.45, 2.75) is 26.7 Å². The summed E-state index contributed by atoms with van der Waals surface area (Å²) < 4.78 is 30.7. The first kappa shape index (κ1) is 16.0. The van der Waals surface area contributed by atoms with E-state index in [0.29, 0.717) is 22.4 Å². The number of hydrogen-bond acceptors (Lipinski definition) is 1. The Balaban J connectivity index is 2.13. The summed E-state index contributed by atoms with van der Waals surface area (Å²) in [5.41, 5.74) is 4.61. The van der Waals surface area contributed by atoms with Gasteiger partial charge in [0.15, 0.2) is 5.82 Å². The van der Waals surface area contributed by atoms with Crippen LogP contribution in [0.1, 0.15) is 32.2 Å². The van der Waals surface area contributed by atoms with Crippen molar-refractivity contribution in [3.05, 3.63) is 71.0 Å². The van der Waals surface area contributed by atoms with Crippen LogP contribution in [0, 0.1) is 19.3 Å². The number of benzene rings is 2. The molecule has 0 radical (unpaired) electrons. The first-order valence-corrected chi connectivity index (χ1v) is 8.74. The molecule has 27 heavy (non-hydrogen) atoms. The number of halogens is 1. The van der Waals surface area contributed by atoms with E-state index in [4.69, 9.17) is 12.4 Å². The summed E-state index contributed by atoms with van der Waals surface area (Å²) in [4.78, 5) is 3.57. The average molecular weight is 360 g/mol. The first-order valence-electron chi connectivity index (χ1n) is 9.24. The van der Waals surface area contributed by atoms with Gasteiger partial charge in [-0.3, -0.25) is 0 Å². The quantitative estimate of drug-likeness (QED) is 0.308. The van der Waals surface area contributed by atoms with Gasteiger partial charge in [-0.1, -0.05) is 44.2 Å². The van der Waals surface area contributed by atoms with Crippen molar-refractivity contribution in [1.82, 2.24) is 0 Å². The van der Waals surface area contributed by atoms with Crippen LogP contribution in [0.15, 0.2) is 47.0 Å². The van der Waals surface area contributed by atoms with Crippen LogP contribution in [0.3, 0.4) is 0 Å². The number of nitrogens with zero attached hydrogens (tertiary/aromatic N) is 2. The Hall–Kier alpha value is -3.19. The molecule has 3 nitrogen and oxygen atoms in total. The van der Waals surface area contributed by atoms with Gasteiger partial charge < -0.3 is 4.42 Å². The van der Waals surface area contributed by atoms with E-state index >= 15 is 0 Å². The van der Waals surface area contributed by atoms with E-state index in [1.54, 1.807) is 37.6 Å². The van der Waals surface area contributed by atoms with Crippen LogP contribution in [0.5, 0.6) is 0 Å². The molecule has 4 heteroatoms. The van der Waals surface area contributed by atoms with Crippen molar-refractivity contribution < 1.29 is 14.7 Å². The maximum absolute atomic E-state index is 14.5. The highest BCUT2D eigenvalue weighted by atomic mass is 19.1. The lowest BCUT2D eigenvalue weighted by Crippen LogP contribution is -2.32. The molecule has 4 aromatic rings. The standard InChI is InChI=1S/C23H20FN2O/c1-13(2)17-11-20(26(5)12-18(17)24)21-14(3)9-10-16-15-7-6-8-19(25-4)22(15)27-23(16)21/h6-13H,1-3,5H3/q+1/i13D. The van der Waals surface area contributed by atoms with E-state index in [1.165, 1.54) is 6.20 Å². The molecule has 0 N–H and O–H groups in total. The molecule has 0 unspecified atom stereocenters. The summed E-state index contributed by atoms with van der Waals surface area (Å²) in [7, 11) is 1.78. The molecule has 0 spiro atoms. The second kappa shape index (κ2) is 6.21. The molecule has 0 fully saturated rings. The average Bonchev–Trinajstić information content (AvgIpc) is 3.00. The van der Waals surface area contributed by atoms with Crippen LogP contribution in [0.25, 0.3) is 38.0 Å². The van der Waals surface area contributed by atoms with Crippen molar-refractivity contribution in [2.75, 3.05) is 0 Å². The fourth-order valence-electron chi connectivity index (χ4n) is 3.60. The van der Waals surface area contributed by atoms with Crippen LogP contribution in [-0.2, 0) is 7.05 Å². The summed E-state index contributed by atoms with van der Waals surface area (Å²) >= 11 is 0. The SMILES string of the molecule is [2H]C(C)(C)c1cc(-c2c(C)ccc3c2oc2c([N+]#[C-])cccc23)[n+](C)cc1F. The third-order valence-corrected chi connectivity index (χ3v) is 5.00. The van der Waals surface area contributed by atoms with Crippen LogP contribution in [-0.4, -0.2) is 0 Å². The summed E-state index contributed by atoms with van der Waals surface area (Å²) in [6.07, 6.45) is 1.41. The fourth-order valence-corrected chi connectivity index (χ4v) is 3.60. The zero-order chi connectivity index (χ0) is 20.2. The summed E-state index contributed by atoms with van der Waals surface area (Å²) in [6, 6.07) is 11.3. The lowest BCUT2D eigenvalue weighted by molar-refractivity contribution is -0.662. The molecule has 0 bridgehead atoms. The van der Waals surface area contributed by atoms with E-state index in [0.717, 1.165) is 27.6 Å². The molecule has 0 aliphatic rings. The minimum absolute atomic E-state index is 0.329. The van der Waals surface area contributed by atoms with Crippen LogP contribution >= 0.6 is 0 Å². The van der Waals surface area contributed by atoms with Crippen LogP contribution in [0.4, 0.5) is 10.1 Å². The van der Waals surface area contributed by atoms with Gasteiger partial charge in [0.1, 0.15) is 18.2 Å². The predicted octanol–water partition coefficient (Wildman–Crippen LogP) is 6.20. The Labute approximate surface area is 158 Å². The molecule has 0 saturated heterocycles. The van der Waals surface area contributed by atoms with Crippen molar-refractivity contribution in [1.29, 1.82) is 0 Å². The molecule has 2 aromatic heterocycles. The smallest absolute Gasteiger partial charge is 0.229 e. The highest BCUT2D eigenvalue weighted by Gasteiger charge is 2.24. The minimum Gasteiger partial charge on any atom is -0.466 e. The molecule has 0 amide bonds. The Morgan fingerprint density at radius 3 is 2.63 bits per heavy atom. The summed E-state index contributed by atoms with van der Waals surface area (Å²) in [6.45, 7) is 12.7. The zero-order valence-electron chi connectivity index (χ0n) is 16.7. The Morgan fingerprint density at radius 2 is 1.93 bits per heavy atom. The Kier molecular flexibility index (Phi) is 3.68. The molecule has 0 atom stereocenters. The molecular weight excluding hydrogens is 339 g/mol.